The molecular formula is C49H33N5. The highest BCUT2D eigenvalue weighted by molar-refractivity contribution is 5.79. The van der Waals surface area contributed by atoms with Gasteiger partial charge in [-0.15, -0.1) is 0 Å². The van der Waals surface area contributed by atoms with E-state index in [0.29, 0.717) is 23.3 Å². The van der Waals surface area contributed by atoms with E-state index in [4.69, 9.17) is 24.9 Å². The molecule has 9 aromatic rings. The van der Waals surface area contributed by atoms with Crippen molar-refractivity contribution in [3.05, 3.63) is 200 Å². The first-order chi connectivity index (χ1) is 26.7. The van der Waals surface area contributed by atoms with Crippen molar-refractivity contribution in [2.45, 2.75) is 0 Å². The molecule has 0 amide bonds. The molecule has 0 aliphatic carbocycles. The highest BCUT2D eigenvalue weighted by Crippen LogP contribution is 2.33. The van der Waals surface area contributed by atoms with Crippen LogP contribution in [0.15, 0.2) is 200 Å². The predicted molar refractivity (Wildman–Crippen MR) is 219 cm³/mol. The molecule has 2 aromatic heterocycles. The van der Waals surface area contributed by atoms with Gasteiger partial charge in [0, 0.05) is 33.4 Å². The van der Waals surface area contributed by atoms with Crippen LogP contribution in [0.5, 0.6) is 0 Å². The third kappa shape index (κ3) is 6.94. The molecule has 9 rings (SSSR count). The topological polar surface area (TPSA) is 64.5 Å². The summed E-state index contributed by atoms with van der Waals surface area (Å²) in [6.07, 6.45) is 0. The molecule has 0 atom stereocenters. The average molecular weight is 692 g/mol. The van der Waals surface area contributed by atoms with E-state index < -0.39 is 0 Å². The minimum atomic E-state index is 0.617. The van der Waals surface area contributed by atoms with Gasteiger partial charge in [0.1, 0.15) is 0 Å². The second-order valence-electron chi connectivity index (χ2n) is 13.0. The largest absolute Gasteiger partial charge is 0.228 e. The van der Waals surface area contributed by atoms with Crippen LogP contribution in [-0.4, -0.2) is 24.9 Å². The summed E-state index contributed by atoms with van der Waals surface area (Å²) in [5, 5.41) is 0. The molecule has 0 aliphatic heterocycles. The maximum Gasteiger partial charge on any atom is 0.164 e. The number of rotatable bonds is 8. The normalized spacial score (nSPS) is 11.0. The maximum absolute atomic E-state index is 5.17. The zero-order valence-electron chi connectivity index (χ0n) is 29.3. The van der Waals surface area contributed by atoms with Crippen LogP contribution >= 0.6 is 0 Å². The van der Waals surface area contributed by atoms with Crippen molar-refractivity contribution in [2.24, 2.45) is 0 Å². The molecule has 0 radical (unpaired) electrons. The van der Waals surface area contributed by atoms with Crippen LogP contribution in [0.2, 0.25) is 0 Å². The lowest BCUT2D eigenvalue weighted by Gasteiger charge is -2.12. The van der Waals surface area contributed by atoms with Gasteiger partial charge in [0.05, 0.1) is 11.4 Å². The van der Waals surface area contributed by atoms with Gasteiger partial charge in [0.2, 0.25) is 0 Å². The van der Waals surface area contributed by atoms with Gasteiger partial charge in [-0.05, 0) is 46.5 Å². The van der Waals surface area contributed by atoms with Crippen LogP contribution in [0, 0.1) is 0 Å². The number of nitrogens with zero attached hydrogens (tertiary/aromatic N) is 5. The molecule has 0 unspecified atom stereocenters. The van der Waals surface area contributed by atoms with E-state index in [2.05, 4.69) is 115 Å². The molecule has 7 aromatic carbocycles. The van der Waals surface area contributed by atoms with E-state index in [1.807, 2.05) is 84.9 Å². The minimum absolute atomic E-state index is 0.617. The van der Waals surface area contributed by atoms with Crippen molar-refractivity contribution in [1.29, 1.82) is 0 Å². The van der Waals surface area contributed by atoms with E-state index in [1.165, 1.54) is 0 Å². The molecule has 0 saturated heterocycles. The van der Waals surface area contributed by atoms with E-state index in [-0.39, 0.29) is 0 Å². The Morgan fingerprint density at radius 3 is 0.963 bits per heavy atom. The van der Waals surface area contributed by atoms with Gasteiger partial charge < -0.3 is 0 Å². The first-order valence-corrected chi connectivity index (χ1v) is 17.9. The zero-order chi connectivity index (χ0) is 36.1. The zero-order valence-corrected chi connectivity index (χ0v) is 29.3. The monoisotopic (exact) mass is 691 g/mol. The molecule has 0 saturated carbocycles. The summed E-state index contributed by atoms with van der Waals surface area (Å²) in [5.74, 6) is 2.56. The summed E-state index contributed by atoms with van der Waals surface area (Å²) in [5.41, 5.74) is 11.9. The highest BCUT2D eigenvalue weighted by Gasteiger charge is 2.15. The Bertz CT molecular complexity index is 2640. The Morgan fingerprint density at radius 1 is 0.185 bits per heavy atom. The molecular weight excluding hydrogens is 659 g/mol. The van der Waals surface area contributed by atoms with Crippen LogP contribution < -0.4 is 0 Å². The van der Waals surface area contributed by atoms with E-state index in [0.717, 1.165) is 67.0 Å². The van der Waals surface area contributed by atoms with E-state index in [9.17, 15) is 0 Å². The van der Waals surface area contributed by atoms with Crippen molar-refractivity contribution in [3.8, 4) is 90.3 Å². The summed E-state index contributed by atoms with van der Waals surface area (Å²) in [6.45, 7) is 0. The Morgan fingerprint density at radius 2 is 0.481 bits per heavy atom. The van der Waals surface area contributed by atoms with Crippen molar-refractivity contribution in [2.75, 3.05) is 0 Å². The lowest BCUT2D eigenvalue weighted by atomic mass is 9.98. The fourth-order valence-corrected chi connectivity index (χ4v) is 6.58. The third-order valence-corrected chi connectivity index (χ3v) is 9.34. The maximum atomic E-state index is 5.17. The van der Waals surface area contributed by atoms with Gasteiger partial charge in [0.25, 0.3) is 0 Å². The second kappa shape index (κ2) is 14.7. The van der Waals surface area contributed by atoms with Gasteiger partial charge in [-0.2, -0.15) is 0 Å². The molecule has 0 spiro atoms. The average Bonchev–Trinajstić information content (AvgIpc) is 3.27. The fourth-order valence-electron chi connectivity index (χ4n) is 6.58. The van der Waals surface area contributed by atoms with Gasteiger partial charge in [-0.1, -0.05) is 176 Å². The Labute approximate surface area is 314 Å². The Balaban J connectivity index is 1.12. The van der Waals surface area contributed by atoms with Crippen LogP contribution in [0.25, 0.3) is 90.3 Å². The second-order valence-corrected chi connectivity index (χ2v) is 13.0. The van der Waals surface area contributed by atoms with Crippen LogP contribution in [0.3, 0.4) is 0 Å². The van der Waals surface area contributed by atoms with Gasteiger partial charge >= 0.3 is 0 Å². The van der Waals surface area contributed by atoms with Crippen molar-refractivity contribution >= 4 is 0 Å². The van der Waals surface area contributed by atoms with Crippen molar-refractivity contribution < 1.29 is 0 Å². The molecule has 0 aliphatic rings. The quantitative estimate of drug-likeness (QED) is 0.159. The summed E-state index contributed by atoms with van der Waals surface area (Å²) in [7, 11) is 0. The molecule has 0 fully saturated rings. The number of benzene rings is 7. The molecule has 5 heteroatoms. The first kappa shape index (κ1) is 32.5. The molecule has 0 N–H and O–H groups in total. The first-order valence-electron chi connectivity index (χ1n) is 17.9. The number of aromatic nitrogens is 5. The Kier molecular flexibility index (Phi) is 8.86. The highest BCUT2D eigenvalue weighted by atomic mass is 15.0. The van der Waals surface area contributed by atoms with Crippen LogP contribution in [0.4, 0.5) is 0 Å². The van der Waals surface area contributed by atoms with Crippen molar-refractivity contribution in [1.82, 2.24) is 24.9 Å². The minimum Gasteiger partial charge on any atom is -0.228 e. The summed E-state index contributed by atoms with van der Waals surface area (Å²) < 4.78 is 0. The summed E-state index contributed by atoms with van der Waals surface area (Å²) in [6, 6.07) is 68.2. The number of hydrogen-bond donors (Lipinski definition) is 0. The molecule has 0 bridgehead atoms. The molecule has 2 heterocycles. The fraction of sp³-hybridized carbons (Fsp3) is 0. The van der Waals surface area contributed by atoms with Crippen LogP contribution in [0.1, 0.15) is 0 Å². The molecule has 54 heavy (non-hydrogen) atoms. The van der Waals surface area contributed by atoms with Gasteiger partial charge in [-0.25, -0.2) is 24.9 Å². The molecule has 254 valence electrons. The van der Waals surface area contributed by atoms with E-state index in [1.54, 1.807) is 0 Å². The standard InChI is InChI=1S/C49H33N5/c1-5-16-34(17-6-1)38-24-14-28-42(31-38)48-50-44(35-18-7-2-8-19-35)33-45(51-48)41-27-13-25-39(30-41)40-26-15-29-43(32-40)49-53-46(36-20-9-3-10-21-36)52-47(54-49)37-22-11-4-12-23-37/h1-33H. The summed E-state index contributed by atoms with van der Waals surface area (Å²) in [4.78, 5) is 25.1. The molecule has 5 nitrogen and oxygen atoms in total. The third-order valence-electron chi connectivity index (χ3n) is 9.34. The SMILES string of the molecule is c1ccc(-c2cccc(-c3nc(-c4ccccc4)cc(-c4cccc(-c5cccc(-c6nc(-c7ccccc7)nc(-c7ccccc7)n6)c5)c4)n3)c2)cc1. The predicted octanol–water partition coefficient (Wildman–Crippen LogP) is 12.0. The number of hydrogen-bond acceptors (Lipinski definition) is 5. The van der Waals surface area contributed by atoms with Gasteiger partial charge in [-0.3, -0.25) is 0 Å². The van der Waals surface area contributed by atoms with E-state index >= 15 is 0 Å². The lowest BCUT2D eigenvalue weighted by molar-refractivity contribution is 1.07. The summed E-state index contributed by atoms with van der Waals surface area (Å²) >= 11 is 0. The lowest BCUT2D eigenvalue weighted by Crippen LogP contribution is -2.00. The Hall–Kier alpha value is -7.37. The van der Waals surface area contributed by atoms with Gasteiger partial charge in [0.15, 0.2) is 23.3 Å². The van der Waals surface area contributed by atoms with Crippen LogP contribution in [-0.2, 0) is 0 Å². The smallest absolute Gasteiger partial charge is 0.164 e. The van der Waals surface area contributed by atoms with Crippen molar-refractivity contribution in [3.63, 3.8) is 0 Å².